The number of sulfonamides is 1. The molecule has 1 amide bonds. The van der Waals surface area contributed by atoms with Crippen LogP contribution >= 0.6 is 0 Å². The van der Waals surface area contributed by atoms with Crippen molar-refractivity contribution in [2.45, 2.75) is 36.6 Å². The average molecular weight is 416 g/mol. The summed E-state index contributed by atoms with van der Waals surface area (Å²) in [4.78, 5) is 15.0. The molecule has 0 radical (unpaired) electrons. The highest BCUT2D eigenvalue weighted by Crippen LogP contribution is 2.33. The standard InChI is InChI=1S/C21H24N2O5S/c1-27-17-8-9-18-14(12-17)4-3-11-23(18)21(24)15-5-10-19(28-2)20(13-15)29(25,26)22-16-6-7-16/h5,8-10,12-13,16,22H,3-4,6-7,11H2,1-2H3. The second-order valence-electron chi connectivity index (χ2n) is 7.32. The first-order valence-corrected chi connectivity index (χ1v) is 11.1. The van der Waals surface area contributed by atoms with Crippen LogP contribution in [0.15, 0.2) is 41.3 Å². The molecule has 0 aromatic heterocycles. The maximum Gasteiger partial charge on any atom is 0.258 e. The predicted octanol–water partition coefficient (Wildman–Crippen LogP) is 2.74. The Morgan fingerprint density at radius 1 is 1.10 bits per heavy atom. The summed E-state index contributed by atoms with van der Waals surface area (Å²) >= 11 is 0. The van der Waals surface area contributed by atoms with Crippen LogP contribution in [0.3, 0.4) is 0 Å². The Morgan fingerprint density at radius 3 is 2.59 bits per heavy atom. The molecule has 1 heterocycles. The minimum Gasteiger partial charge on any atom is -0.497 e. The van der Waals surface area contributed by atoms with Gasteiger partial charge in [-0.05, 0) is 67.6 Å². The summed E-state index contributed by atoms with van der Waals surface area (Å²) in [5.41, 5.74) is 2.18. The molecule has 0 spiro atoms. The molecule has 1 saturated carbocycles. The van der Waals surface area contributed by atoms with Crippen molar-refractivity contribution in [3.8, 4) is 11.5 Å². The van der Waals surface area contributed by atoms with E-state index in [1.54, 1.807) is 18.1 Å². The third-order valence-electron chi connectivity index (χ3n) is 5.25. The van der Waals surface area contributed by atoms with Crippen molar-refractivity contribution < 1.29 is 22.7 Å². The molecule has 0 unspecified atom stereocenters. The fraction of sp³-hybridized carbons (Fsp3) is 0.381. The fourth-order valence-corrected chi connectivity index (χ4v) is 5.07. The highest BCUT2D eigenvalue weighted by atomic mass is 32.2. The molecule has 2 aromatic carbocycles. The summed E-state index contributed by atoms with van der Waals surface area (Å²) in [6, 6.07) is 10.2. The lowest BCUT2D eigenvalue weighted by molar-refractivity contribution is 0.0985. The number of rotatable bonds is 6. The van der Waals surface area contributed by atoms with E-state index in [9.17, 15) is 13.2 Å². The number of carbonyl (C=O) groups excluding carboxylic acids is 1. The molecule has 1 fully saturated rings. The quantitative estimate of drug-likeness (QED) is 0.783. The molecule has 2 aliphatic rings. The predicted molar refractivity (Wildman–Crippen MR) is 109 cm³/mol. The second-order valence-corrected chi connectivity index (χ2v) is 9.00. The number of hydrogen-bond acceptors (Lipinski definition) is 5. The van der Waals surface area contributed by atoms with Crippen LogP contribution in [0.25, 0.3) is 0 Å². The number of hydrogen-bond donors (Lipinski definition) is 1. The third kappa shape index (κ3) is 3.95. The van der Waals surface area contributed by atoms with E-state index < -0.39 is 10.0 Å². The Hall–Kier alpha value is -2.58. The number of anilines is 1. The number of nitrogens with zero attached hydrogens (tertiary/aromatic N) is 1. The van der Waals surface area contributed by atoms with Gasteiger partial charge in [-0.25, -0.2) is 13.1 Å². The summed E-state index contributed by atoms with van der Waals surface area (Å²) in [5, 5.41) is 0. The van der Waals surface area contributed by atoms with Crippen LogP contribution in [-0.2, 0) is 16.4 Å². The first kappa shape index (κ1) is 19.7. The largest absolute Gasteiger partial charge is 0.497 e. The van der Waals surface area contributed by atoms with Crippen LogP contribution in [0.5, 0.6) is 11.5 Å². The Labute approximate surface area is 170 Å². The zero-order valence-electron chi connectivity index (χ0n) is 16.5. The Morgan fingerprint density at radius 2 is 1.90 bits per heavy atom. The molecule has 1 aliphatic heterocycles. The van der Waals surface area contributed by atoms with Crippen LogP contribution in [0.4, 0.5) is 5.69 Å². The highest BCUT2D eigenvalue weighted by Gasteiger charge is 2.31. The minimum atomic E-state index is -3.76. The topological polar surface area (TPSA) is 84.9 Å². The van der Waals surface area contributed by atoms with Crippen LogP contribution in [0.1, 0.15) is 35.2 Å². The number of aryl methyl sites for hydroxylation is 1. The van der Waals surface area contributed by atoms with Gasteiger partial charge in [-0.3, -0.25) is 4.79 Å². The van der Waals surface area contributed by atoms with E-state index >= 15 is 0 Å². The number of methoxy groups -OCH3 is 2. The van der Waals surface area contributed by atoms with Gasteiger partial charge in [-0.2, -0.15) is 0 Å². The first-order chi connectivity index (χ1) is 13.9. The van der Waals surface area contributed by atoms with E-state index in [4.69, 9.17) is 9.47 Å². The first-order valence-electron chi connectivity index (χ1n) is 9.62. The number of nitrogens with one attached hydrogen (secondary N) is 1. The van der Waals surface area contributed by atoms with Crippen molar-refractivity contribution in [3.63, 3.8) is 0 Å². The van der Waals surface area contributed by atoms with Crippen LogP contribution in [0, 0.1) is 0 Å². The van der Waals surface area contributed by atoms with Gasteiger partial charge in [0.2, 0.25) is 10.0 Å². The molecule has 154 valence electrons. The van der Waals surface area contributed by atoms with Gasteiger partial charge in [0.1, 0.15) is 16.4 Å². The monoisotopic (exact) mass is 416 g/mol. The van der Waals surface area contributed by atoms with E-state index in [2.05, 4.69) is 4.72 Å². The zero-order chi connectivity index (χ0) is 20.6. The Balaban J connectivity index is 1.69. The van der Waals surface area contributed by atoms with Gasteiger partial charge in [0.05, 0.1) is 14.2 Å². The van der Waals surface area contributed by atoms with Gasteiger partial charge in [0, 0.05) is 23.8 Å². The minimum absolute atomic E-state index is 0.00952. The van der Waals surface area contributed by atoms with Crippen LogP contribution in [-0.4, -0.2) is 41.1 Å². The smallest absolute Gasteiger partial charge is 0.258 e. The van der Waals surface area contributed by atoms with E-state index in [1.807, 2.05) is 18.2 Å². The summed E-state index contributed by atoms with van der Waals surface area (Å²) in [6.07, 6.45) is 3.35. The van der Waals surface area contributed by atoms with Gasteiger partial charge in [0.25, 0.3) is 5.91 Å². The number of fused-ring (bicyclic) bond motifs is 1. The maximum atomic E-state index is 13.3. The highest BCUT2D eigenvalue weighted by molar-refractivity contribution is 7.89. The molecule has 1 N–H and O–H groups in total. The molecule has 29 heavy (non-hydrogen) atoms. The number of benzene rings is 2. The summed E-state index contributed by atoms with van der Waals surface area (Å²) in [6.45, 7) is 0.576. The lowest BCUT2D eigenvalue weighted by Gasteiger charge is -2.30. The van der Waals surface area contributed by atoms with Gasteiger partial charge in [-0.15, -0.1) is 0 Å². The summed E-state index contributed by atoms with van der Waals surface area (Å²) in [5.74, 6) is 0.738. The number of amides is 1. The van der Waals surface area contributed by atoms with Crippen molar-refractivity contribution in [3.05, 3.63) is 47.5 Å². The van der Waals surface area contributed by atoms with Gasteiger partial charge < -0.3 is 14.4 Å². The van der Waals surface area contributed by atoms with Crippen molar-refractivity contribution in [2.24, 2.45) is 0 Å². The van der Waals surface area contributed by atoms with E-state index in [0.717, 1.165) is 42.7 Å². The molecular formula is C21H24N2O5S. The third-order valence-corrected chi connectivity index (χ3v) is 6.79. The molecule has 1 aliphatic carbocycles. The summed E-state index contributed by atoms with van der Waals surface area (Å²) < 4.78 is 38.7. The molecule has 7 nitrogen and oxygen atoms in total. The SMILES string of the molecule is COc1ccc2c(c1)CCCN2C(=O)c1ccc(OC)c(S(=O)(=O)NC2CC2)c1. The van der Waals surface area contributed by atoms with Crippen molar-refractivity contribution in [2.75, 3.05) is 25.7 Å². The number of ether oxygens (including phenoxy) is 2. The Bertz CT molecular complexity index is 1050. The second kappa shape index (κ2) is 7.68. The molecule has 0 saturated heterocycles. The number of carbonyl (C=O) groups is 1. The molecule has 0 bridgehead atoms. The van der Waals surface area contributed by atoms with E-state index in [0.29, 0.717) is 12.1 Å². The van der Waals surface area contributed by atoms with Gasteiger partial charge in [0.15, 0.2) is 0 Å². The molecule has 0 atom stereocenters. The molecule has 2 aromatic rings. The van der Waals surface area contributed by atoms with Gasteiger partial charge >= 0.3 is 0 Å². The van der Waals surface area contributed by atoms with Crippen LogP contribution in [0.2, 0.25) is 0 Å². The maximum absolute atomic E-state index is 13.3. The van der Waals surface area contributed by atoms with Crippen molar-refractivity contribution in [1.29, 1.82) is 0 Å². The zero-order valence-corrected chi connectivity index (χ0v) is 17.3. The Kier molecular flexibility index (Phi) is 5.23. The average Bonchev–Trinajstić information content (AvgIpc) is 3.55. The van der Waals surface area contributed by atoms with Crippen molar-refractivity contribution >= 4 is 21.6 Å². The van der Waals surface area contributed by atoms with E-state index in [1.165, 1.54) is 19.2 Å². The van der Waals surface area contributed by atoms with E-state index in [-0.39, 0.29) is 22.6 Å². The molecule has 4 rings (SSSR count). The molecule has 8 heteroatoms. The molecular weight excluding hydrogens is 392 g/mol. The lowest BCUT2D eigenvalue weighted by atomic mass is 10.0. The van der Waals surface area contributed by atoms with Crippen LogP contribution < -0.4 is 19.1 Å². The lowest BCUT2D eigenvalue weighted by Crippen LogP contribution is -2.35. The normalized spacial score (nSPS) is 16.3. The van der Waals surface area contributed by atoms with Crippen molar-refractivity contribution in [1.82, 2.24) is 4.72 Å². The summed E-state index contributed by atoms with van der Waals surface area (Å²) in [7, 11) is -0.727. The fourth-order valence-electron chi connectivity index (χ4n) is 3.57. The van der Waals surface area contributed by atoms with Gasteiger partial charge in [-0.1, -0.05) is 0 Å².